The lowest BCUT2D eigenvalue weighted by atomic mass is 10.1. The molecule has 0 radical (unpaired) electrons. The molecule has 2 aliphatic rings. The summed E-state index contributed by atoms with van der Waals surface area (Å²) in [6.07, 6.45) is -0.436. The van der Waals surface area contributed by atoms with Crippen LogP contribution < -0.4 is 0 Å². The van der Waals surface area contributed by atoms with Crippen LogP contribution in [0.25, 0.3) is 0 Å². The summed E-state index contributed by atoms with van der Waals surface area (Å²) in [5, 5.41) is -1.17. The van der Waals surface area contributed by atoms with Crippen LogP contribution in [0.5, 0.6) is 0 Å². The summed E-state index contributed by atoms with van der Waals surface area (Å²) in [6, 6.07) is 0. The predicted octanol–water partition coefficient (Wildman–Crippen LogP) is 4.60. The van der Waals surface area contributed by atoms with Gasteiger partial charge >= 0.3 is 12.1 Å². The zero-order valence-corrected chi connectivity index (χ0v) is 12.9. The van der Waals surface area contributed by atoms with Gasteiger partial charge in [-0.3, -0.25) is 4.79 Å². The number of carbonyl (C=O) groups excluding carboxylic acids is 1. The second-order valence-electron chi connectivity index (χ2n) is 6.39. The zero-order chi connectivity index (χ0) is 16.0. The lowest BCUT2D eigenvalue weighted by Gasteiger charge is -2.12. The maximum absolute atomic E-state index is 12.5. The topological polar surface area (TPSA) is 26.3 Å². The molecule has 21 heavy (non-hydrogen) atoms. The summed E-state index contributed by atoms with van der Waals surface area (Å²) in [5.41, 5.74) is 0.614. The molecule has 0 amide bonds. The first-order chi connectivity index (χ1) is 9.53. The van der Waals surface area contributed by atoms with Gasteiger partial charge in [-0.15, -0.1) is 0 Å². The maximum Gasteiger partial charge on any atom is 0.426 e. The smallest absolute Gasteiger partial charge is 0.426 e. The molecule has 0 aromatic heterocycles. The van der Waals surface area contributed by atoms with Gasteiger partial charge in [-0.05, 0) is 18.3 Å². The molecule has 1 fully saturated rings. The largest absolute Gasteiger partial charge is 0.461 e. The second-order valence-corrected chi connectivity index (χ2v) is 6.79. The van der Waals surface area contributed by atoms with E-state index in [0.717, 1.165) is 6.08 Å². The lowest BCUT2D eigenvalue weighted by molar-refractivity contribution is -0.151. The highest BCUT2D eigenvalue weighted by Gasteiger charge is 2.62. The highest BCUT2D eigenvalue weighted by atomic mass is 35.5. The van der Waals surface area contributed by atoms with Crippen LogP contribution in [0.1, 0.15) is 33.6 Å². The number of hydrogen-bond donors (Lipinski definition) is 0. The monoisotopic (exact) mass is 322 g/mol. The number of hydrogen-bond acceptors (Lipinski definition) is 2. The van der Waals surface area contributed by atoms with Gasteiger partial charge in [0.1, 0.15) is 11.1 Å². The van der Waals surface area contributed by atoms with Crippen LogP contribution in [0.2, 0.25) is 0 Å². The fourth-order valence-electron chi connectivity index (χ4n) is 2.88. The predicted molar refractivity (Wildman–Crippen MR) is 73.6 cm³/mol. The van der Waals surface area contributed by atoms with Gasteiger partial charge < -0.3 is 4.74 Å². The standard InChI is InChI=1S/C15H18ClF3O2/c1-8-4-5-9(6-8)21-13(20)12-10(14(12,2)3)7-11(16)15(17,18)19/h4,7,9-10,12H,5-6H2,1-3H3/t9?,10-,12-/m0/s1. The number of allylic oxidation sites excluding steroid dienone is 2. The molecule has 0 aromatic rings. The summed E-state index contributed by atoms with van der Waals surface area (Å²) in [4.78, 5) is 12.1. The number of esters is 1. The van der Waals surface area contributed by atoms with E-state index in [2.05, 4.69) is 0 Å². The third kappa shape index (κ3) is 3.44. The summed E-state index contributed by atoms with van der Waals surface area (Å²) >= 11 is 5.25. The highest BCUT2D eigenvalue weighted by molar-refractivity contribution is 6.30. The van der Waals surface area contributed by atoms with Gasteiger partial charge in [0.15, 0.2) is 0 Å². The Kier molecular flexibility index (Phi) is 4.17. The van der Waals surface area contributed by atoms with Crippen LogP contribution in [0.15, 0.2) is 22.8 Å². The Morgan fingerprint density at radius 3 is 2.57 bits per heavy atom. The van der Waals surface area contributed by atoms with Gasteiger partial charge in [-0.1, -0.05) is 43.2 Å². The molecular weight excluding hydrogens is 305 g/mol. The van der Waals surface area contributed by atoms with Crippen molar-refractivity contribution >= 4 is 17.6 Å². The fourth-order valence-corrected chi connectivity index (χ4v) is 3.01. The van der Waals surface area contributed by atoms with Crippen LogP contribution in [0, 0.1) is 17.3 Å². The Hall–Kier alpha value is -0.970. The van der Waals surface area contributed by atoms with E-state index in [4.69, 9.17) is 16.3 Å². The van der Waals surface area contributed by atoms with Gasteiger partial charge in [0, 0.05) is 12.8 Å². The lowest BCUT2D eigenvalue weighted by Crippen LogP contribution is -2.18. The van der Waals surface area contributed by atoms with E-state index in [1.54, 1.807) is 13.8 Å². The minimum atomic E-state index is -4.57. The molecule has 2 aliphatic carbocycles. The maximum atomic E-state index is 12.5. The first kappa shape index (κ1) is 16.4. The Labute approximate surface area is 127 Å². The number of rotatable bonds is 3. The molecule has 118 valence electrons. The SMILES string of the molecule is CC1=CCC(OC(=O)[C@@H]2[C@H](C=C(Cl)C(F)(F)F)C2(C)C)C1. The van der Waals surface area contributed by atoms with Crippen molar-refractivity contribution < 1.29 is 22.7 Å². The van der Waals surface area contributed by atoms with Crippen LogP contribution in [0.3, 0.4) is 0 Å². The van der Waals surface area contributed by atoms with Gasteiger partial charge in [0.05, 0.1) is 5.92 Å². The Bertz CT molecular complexity index is 506. The molecule has 6 heteroatoms. The number of halogens is 4. The summed E-state index contributed by atoms with van der Waals surface area (Å²) in [7, 11) is 0. The Morgan fingerprint density at radius 2 is 2.10 bits per heavy atom. The first-order valence-corrected chi connectivity index (χ1v) is 7.22. The van der Waals surface area contributed by atoms with Crippen molar-refractivity contribution in [1.29, 1.82) is 0 Å². The number of carbonyl (C=O) groups is 1. The minimum absolute atomic E-state index is 0.184. The molecule has 0 saturated heterocycles. The average Bonchev–Trinajstić information content (AvgIpc) is 2.65. The van der Waals surface area contributed by atoms with E-state index in [9.17, 15) is 18.0 Å². The molecule has 0 N–H and O–H groups in total. The van der Waals surface area contributed by atoms with E-state index in [1.165, 1.54) is 5.57 Å². The van der Waals surface area contributed by atoms with Crippen LogP contribution >= 0.6 is 11.6 Å². The normalized spacial score (nSPS) is 31.9. The van der Waals surface area contributed by atoms with Crippen LogP contribution in [-0.4, -0.2) is 18.2 Å². The third-order valence-electron chi connectivity index (χ3n) is 4.32. The molecule has 3 atom stereocenters. The second kappa shape index (κ2) is 5.34. The van der Waals surface area contributed by atoms with E-state index in [0.29, 0.717) is 12.8 Å². The van der Waals surface area contributed by atoms with Crippen molar-refractivity contribution in [2.75, 3.05) is 0 Å². The van der Waals surface area contributed by atoms with Gasteiger partial charge in [0.25, 0.3) is 0 Å². The molecule has 2 rings (SSSR count). The highest BCUT2D eigenvalue weighted by Crippen LogP contribution is 2.60. The van der Waals surface area contributed by atoms with Crippen LogP contribution in [0.4, 0.5) is 13.2 Å². The first-order valence-electron chi connectivity index (χ1n) is 6.84. The van der Waals surface area contributed by atoms with Gasteiger partial charge in [0.2, 0.25) is 0 Å². The summed E-state index contributed by atoms with van der Waals surface area (Å²) < 4.78 is 42.8. The summed E-state index contributed by atoms with van der Waals surface area (Å²) in [6.45, 7) is 5.46. The van der Waals surface area contributed by atoms with E-state index >= 15 is 0 Å². The van der Waals surface area contributed by atoms with Crippen molar-refractivity contribution in [3.05, 3.63) is 22.8 Å². The number of ether oxygens (including phenoxy) is 1. The molecule has 1 saturated carbocycles. The van der Waals surface area contributed by atoms with Gasteiger partial charge in [-0.2, -0.15) is 13.2 Å². The Balaban J connectivity index is 1.99. The average molecular weight is 323 g/mol. The molecule has 0 heterocycles. The molecular formula is C15H18ClF3O2. The van der Waals surface area contributed by atoms with Crippen molar-refractivity contribution in [3.8, 4) is 0 Å². The fraction of sp³-hybridized carbons (Fsp3) is 0.667. The molecule has 0 aliphatic heterocycles. The molecule has 1 unspecified atom stereocenters. The van der Waals surface area contributed by atoms with Crippen molar-refractivity contribution in [1.82, 2.24) is 0 Å². The minimum Gasteiger partial charge on any atom is -0.461 e. The molecule has 2 nitrogen and oxygen atoms in total. The van der Waals surface area contributed by atoms with Gasteiger partial charge in [-0.25, -0.2) is 0 Å². The van der Waals surface area contributed by atoms with E-state index < -0.39 is 34.4 Å². The zero-order valence-electron chi connectivity index (χ0n) is 12.1. The Morgan fingerprint density at radius 1 is 1.48 bits per heavy atom. The molecule has 0 aromatic carbocycles. The summed E-state index contributed by atoms with van der Waals surface area (Å²) in [5.74, 6) is -1.52. The quantitative estimate of drug-likeness (QED) is 0.561. The van der Waals surface area contributed by atoms with E-state index in [1.807, 2.05) is 13.0 Å². The number of alkyl halides is 3. The van der Waals surface area contributed by atoms with Crippen molar-refractivity contribution in [3.63, 3.8) is 0 Å². The molecule has 0 spiro atoms. The van der Waals surface area contributed by atoms with Crippen molar-refractivity contribution in [2.45, 2.75) is 45.9 Å². The third-order valence-corrected chi connectivity index (χ3v) is 4.66. The van der Waals surface area contributed by atoms with E-state index in [-0.39, 0.29) is 6.10 Å². The molecule has 0 bridgehead atoms. The van der Waals surface area contributed by atoms with Crippen LogP contribution in [-0.2, 0) is 9.53 Å². The van der Waals surface area contributed by atoms with Crippen molar-refractivity contribution in [2.24, 2.45) is 17.3 Å².